The van der Waals surface area contributed by atoms with E-state index in [0.717, 1.165) is 53.9 Å². The van der Waals surface area contributed by atoms with Crippen LogP contribution in [0.25, 0.3) is 10.9 Å². The van der Waals surface area contributed by atoms with E-state index in [9.17, 15) is 14.7 Å². The molecule has 8 heteroatoms. The van der Waals surface area contributed by atoms with E-state index in [1.807, 2.05) is 115 Å². The predicted molar refractivity (Wildman–Crippen MR) is 169 cm³/mol. The molecule has 1 fully saturated rings. The predicted octanol–water partition coefficient (Wildman–Crippen LogP) is 6.39. The zero-order chi connectivity index (χ0) is 29.1. The number of carbonyl (C=O) groups excluding carboxylic acids is 2. The number of aliphatic hydroxyl groups excluding tert-OH is 1. The van der Waals surface area contributed by atoms with Crippen molar-refractivity contribution in [1.82, 2.24) is 4.57 Å². The van der Waals surface area contributed by atoms with Crippen molar-refractivity contribution in [3.8, 4) is 0 Å². The van der Waals surface area contributed by atoms with Gasteiger partial charge in [-0.05, 0) is 91.7 Å². The van der Waals surface area contributed by atoms with Gasteiger partial charge in [0, 0.05) is 71.2 Å². The number of rotatable bonds is 7. The summed E-state index contributed by atoms with van der Waals surface area (Å²) in [5.74, 6) is -0.318. The fourth-order valence-electron chi connectivity index (χ4n) is 5.31. The van der Waals surface area contributed by atoms with Crippen LogP contribution in [-0.2, 0) is 7.05 Å². The fraction of sp³-hybridized carbons (Fsp3) is 0.176. The standard InChI is InChI=1S/C34H33N5O3/c1-38-22-31(30-4-2-3-5-32(30)38)34(42)37-27-14-10-25(11-15-27)35-24-8-12-26(13-9-24)36-33(41)23-6-16-28(17-7-23)39-20-18-29(40)19-21-39/h2-17,22,29,35,40H,18-21H2,1H3,(H,36,41)(H,37,42). The van der Waals surface area contributed by atoms with Crippen LogP contribution in [-0.4, -0.2) is 40.7 Å². The molecule has 8 nitrogen and oxygen atoms in total. The molecule has 1 aliphatic heterocycles. The summed E-state index contributed by atoms with van der Waals surface area (Å²) in [4.78, 5) is 27.9. The van der Waals surface area contributed by atoms with E-state index in [1.54, 1.807) is 0 Å². The van der Waals surface area contributed by atoms with Crippen LogP contribution in [0.4, 0.5) is 28.4 Å². The number of hydrogen-bond donors (Lipinski definition) is 4. The average Bonchev–Trinajstić information content (AvgIpc) is 3.36. The van der Waals surface area contributed by atoms with Crippen LogP contribution < -0.4 is 20.9 Å². The smallest absolute Gasteiger partial charge is 0.257 e. The van der Waals surface area contributed by atoms with Gasteiger partial charge in [-0.1, -0.05) is 18.2 Å². The van der Waals surface area contributed by atoms with Crippen molar-refractivity contribution in [1.29, 1.82) is 0 Å². The van der Waals surface area contributed by atoms with Crippen molar-refractivity contribution < 1.29 is 14.7 Å². The van der Waals surface area contributed by atoms with Gasteiger partial charge in [0.2, 0.25) is 0 Å². The molecular formula is C34H33N5O3. The monoisotopic (exact) mass is 559 g/mol. The Balaban J connectivity index is 1.02. The molecule has 1 aliphatic rings. The number of nitrogens with zero attached hydrogens (tertiary/aromatic N) is 2. The Morgan fingerprint density at radius 1 is 0.714 bits per heavy atom. The number of nitrogens with one attached hydrogen (secondary N) is 3. The van der Waals surface area contributed by atoms with Gasteiger partial charge in [-0.3, -0.25) is 9.59 Å². The molecule has 1 saturated heterocycles. The molecule has 42 heavy (non-hydrogen) atoms. The minimum atomic E-state index is -0.213. The number of amides is 2. The van der Waals surface area contributed by atoms with Crippen molar-refractivity contribution in [2.24, 2.45) is 7.05 Å². The number of aryl methyl sites for hydroxylation is 1. The molecule has 0 aliphatic carbocycles. The topological polar surface area (TPSA) is 98.6 Å². The van der Waals surface area contributed by atoms with Crippen molar-refractivity contribution in [3.63, 3.8) is 0 Å². The lowest BCUT2D eigenvalue weighted by Gasteiger charge is -2.31. The molecule has 4 aromatic carbocycles. The van der Waals surface area contributed by atoms with Crippen molar-refractivity contribution in [3.05, 3.63) is 114 Å². The third-order valence-corrected chi connectivity index (χ3v) is 7.67. The number of benzene rings is 4. The van der Waals surface area contributed by atoms with E-state index in [0.29, 0.717) is 22.5 Å². The van der Waals surface area contributed by atoms with E-state index < -0.39 is 0 Å². The minimum Gasteiger partial charge on any atom is -0.393 e. The van der Waals surface area contributed by atoms with Crippen LogP contribution in [0.2, 0.25) is 0 Å². The van der Waals surface area contributed by atoms with E-state index in [1.165, 1.54) is 0 Å². The highest BCUT2D eigenvalue weighted by Crippen LogP contribution is 2.25. The van der Waals surface area contributed by atoms with Gasteiger partial charge in [0.05, 0.1) is 11.7 Å². The Kier molecular flexibility index (Phi) is 7.62. The molecule has 0 unspecified atom stereocenters. The molecule has 5 aromatic rings. The van der Waals surface area contributed by atoms with Gasteiger partial charge in [0.25, 0.3) is 11.8 Å². The summed E-state index contributed by atoms with van der Waals surface area (Å²) in [6.07, 6.45) is 3.17. The third-order valence-electron chi connectivity index (χ3n) is 7.67. The van der Waals surface area contributed by atoms with E-state index in [4.69, 9.17) is 0 Å². The molecule has 0 saturated carbocycles. The highest BCUT2D eigenvalue weighted by molar-refractivity contribution is 6.13. The number of aliphatic hydroxyl groups is 1. The van der Waals surface area contributed by atoms with Gasteiger partial charge in [0.15, 0.2) is 0 Å². The number of fused-ring (bicyclic) bond motifs is 1. The van der Waals surface area contributed by atoms with Gasteiger partial charge in [-0.25, -0.2) is 0 Å². The number of anilines is 5. The Morgan fingerprint density at radius 3 is 1.88 bits per heavy atom. The van der Waals surface area contributed by atoms with Crippen LogP contribution in [0.15, 0.2) is 103 Å². The maximum Gasteiger partial charge on any atom is 0.257 e. The number of aromatic nitrogens is 1. The van der Waals surface area contributed by atoms with E-state index in [-0.39, 0.29) is 17.9 Å². The Bertz CT molecular complexity index is 1700. The summed E-state index contributed by atoms with van der Waals surface area (Å²) in [5.41, 5.74) is 6.45. The highest BCUT2D eigenvalue weighted by Gasteiger charge is 2.18. The van der Waals surface area contributed by atoms with Gasteiger partial charge < -0.3 is 30.5 Å². The molecular weight excluding hydrogens is 526 g/mol. The first-order chi connectivity index (χ1) is 20.4. The lowest BCUT2D eigenvalue weighted by molar-refractivity contribution is 0.101. The number of piperidine rings is 1. The molecule has 2 heterocycles. The summed E-state index contributed by atoms with van der Waals surface area (Å²) in [5, 5.41) is 19.9. The van der Waals surface area contributed by atoms with Crippen LogP contribution in [0, 0.1) is 0 Å². The van der Waals surface area contributed by atoms with Crippen molar-refractivity contribution in [2.45, 2.75) is 18.9 Å². The minimum absolute atomic E-state index is 0.149. The molecule has 4 N–H and O–H groups in total. The zero-order valence-corrected chi connectivity index (χ0v) is 23.4. The molecule has 0 radical (unpaired) electrons. The van der Waals surface area contributed by atoms with E-state index in [2.05, 4.69) is 20.9 Å². The molecule has 212 valence electrons. The maximum absolute atomic E-state index is 12.9. The van der Waals surface area contributed by atoms with Crippen molar-refractivity contribution >= 4 is 51.2 Å². The molecule has 2 amide bonds. The molecule has 6 rings (SSSR count). The Morgan fingerprint density at radius 2 is 1.26 bits per heavy atom. The average molecular weight is 560 g/mol. The summed E-state index contributed by atoms with van der Waals surface area (Å²) < 4.78 is 1.95. The lowest BCUT2D eigenvalue weighted by atomic mass is 10.1. The van der Waals surface area contributed by atoms with E-state index >= 15 is 0 Å². The third kappa shape index (κ3) is 5.99. The van der Waals surface area contributed by atoms with Gasteiger partial charge in [0.1, 0.15) is 0 Å². The molecule has 1 aromatic heterocycles. The first-order valence-corrected chi connectivity index (χ1v) is 14.1. The van der Waals surface area contributed by atoms with Crippen molar-refractivity contribution in [2.75, 3.05) is 33.9 Å². The molecule has 0 bridgehead atoms. The number of hydrogen-bond acceptors (Lipinski definition) is 5. The molecule has 0 atom stereocenters. The number of para-hydroxylation sites is 1. The van der Waals surface area contributed by atoms with Crippen LogP contribution >= 0.6 is 0 Å². The summed E-state index contributed by atoms with van der Waals surface area (Å²) in [6.45, 7) is 1.64. The maximum atomic E-state index is 12.9. The quantitative estimate of drug-likeness (QED) is 0.185. The number of carbonyl (C=O) groups is 2. The normalized spacial score (nSPS) is 13.6. The highest BCUT2D eigenvalue weighted by atomic mass is 16.3. The largest absolute Gasteiger partial charge is 0.393 e. The second-order valence-corrected chi connectivity index (χ2v) is 10.6. The summed E-state index contributed by atoms with van der Waals surface area (Å²) in [7, 11) is 1.93. The Labute approximate surface area is 244 Å². The zero-order valence-electron chi connectivity index (χ0n) is 23.4. The fourth-order valence-corrected chi connectivity index (χ4v) is 5.31. The first kappa shape index (κ1) is 27.1. The van der Waals surface area contributed by atoms with Gasteiger partial charge in [-0.15, -0.1) is 0 Å². The van der Waals surface area contributed by atoms with Crippen LogP contribution in [0.5, 0.6) is 0 Å². The first-order valence-electron chi connectivity index (χ1n) is 14.1. The van der Waals surface area contributed by atoms with Crippen LogP contribution in [0.3, 0.4) is 0 Å². The van der Waals surface area contributed by atoms with Gasteiger partial charge in [-0.2, -0.15) is 0 Å². The lowest BCUT2D eigenvalue weighted by Crippen LogP contribution is -2.35. The molecule has 0 spiro atoms. The summed E-state index contributed by atoms with van der Waals surface area (Å²) >= 11 is 0. The van der Waals surface area contributed by atoms with Gasteiger partial charge >= 0.3 is 0 Å². The summed E-state index contributed by atoms with van der Waals surface area (Å²) in [6, 6.07) is 30.5. The Hall–Kier alpha value is -5.08. The van der Waals surface area contributed by atoms with Crippen LogP contribution in [0.1, 0.15) is 33.6 Å². The second kappa shape index (κ2) is 11.8. The SMILES string of the molecule is Cn1cc(C(=O)Nc2ccc(Nc3ccc(NC(=O)c4ccc(N5CCC(O)CC5)cc4)cc3)cc2)c2ccccc21. The second-order valence-electron chi connectivity index (χ2n) is 10.6.